The highest BCUT2D eigenvalue weighted by atomic mass is 16.6. The lowest BCUT2D eigenvalue weighted by Crippen LogP contribution is -2.33. The number of nitrogens with one attached hydrogen (secondary N) is 1. The summed E-state index contributed by atoms with van der Waals surface area (Å²) in [6, 6.07) is 3.59. The number of aliphatic hydroxyl groups excluding tert-OH is 3. The lowest BCUT2D eigenvalue weighted by atomic mass is 10.1. The topological polar surface area (TPSA) is 165 Å². The van der Waals surface area contributed by atoms with Crippen LogP contribution >= 0.6 is 0 Å². The maximum absolute atomic E-state index is 10.2. The second kappa shape index (κ2) is 6.53. The molecule has 0 aliphatic carbocycles. The van der Waals surface area contributed by atoms with Gasteiger partial charge in [-0.1, -0.05) is 0 Å². The highest BCUT2D eigenvalue weighted by molar-refractivity contribution is 5.84. The zero-order chi connectivity index (χ0) is 18.3. The molecular weight excluding hydrogens is 344 g/mol. The van der Waals surface area contributed by atoms with E-state index in [-0.39, 0.29) is 5.95 Å². The van der Waals surface area contributed by atoms with Crippen molar-refractivity contribution in [3.8, 4) is 0 Å². The van der Waals surface area contributed by atoms with Crippen molar-refractivity contribution in [2.75, 3.05) is 17.7 Å². The molecule has 4 atom stereocenters. The predicted octanol–water partition coefficient (Wildman–Crippen LogP) is -0.775. The molecule has 0 spiro atoms. The zero-order valence-electron chi connectivity index (χ0n) is 13.6. The van der Waals surface area contributed by atoms with Gasteiger partial charge >= 0.3 is 0 Å². The third-order valence-electron chi connectivity index (χ3n) is 4.24. The average Bonchev–Trinajstić information content (AvgIpc) is 3.34. The summed E-state index contributed by atoms with van der Waals surface area (Å²) in [7, 11) is 0. The standard InChI is InChI=1S/C15H18N6O5/c16-15-19-12(17-4-7-2-1-3-25-7)9-13(20-15)21(6-18-9)14-11(24)10(23)8(5-22)26-14/h1-3,6,8,10-11,14,22-24H,4-5H2,(H3,16,17,19,20)/t8-,10?,11+,14-/m1/s1. The summed E-state index contributed by atoms with van der Waals surface area (Å²) in [5, 5.41) is 32.5. The van der Waals surface area contributed by atoms with Crippen molar-refractivity contribution >= 4 is 22.9 Å². The molecule has 0 aromatic carbocycles. The van der Waals surface area contributed by atoms with Crippen molar-refractivity contribution < 1.29 is 24.5 Å². The Bertz CT molecular complexity index is 897. The first kappa shape index (κ1) is 16.7. The second-order valence-electron chi connectivity index (χ2n) is 5.92. The number of rotatable bonds is 5. The molecule has 1 fully saturated rings. The molecule has 26 heavy (non-hydrogen) atoms. The van der Waals surface area contributed by atoms with Crippen molar-refractivity contribution in [3.05, 3.63) is 30.5 Å². The van der Waals surface area contributed by atoms with E-state index >= 15 is 0 Å². The van der Waals surface area contributed by atoms with Crippen LogP contribution in [0.3, 0.4) is 0 Å². The molecule has 0 saturated carbocycles. The van der Waals surface area contributed by atoms with Crippen molar-refractivity contribution in [1.82, 2.24) is 19.5 Å². The number of ether oxygens (including phenoxy) is 1. The van der Waals surface area contributed by atoms with Gasteiger partial charge in [-0.3, -0.25) is 4.57 Å². The van der Waals surface area contributed by atoms with Crippen LogP contribution < -0.4 is 11.1 Å². The second-order valence-corrected chi connectivity index (χ2v) is 5.92. The molecule has 11 heteroatoms. The predicted molar refractivity (Wildman–Crippen MR) is 88.8 cm³/mol. The van der Waals surface area contributed by atoms with Crippen LogP contribution in [0.2, 0.25) is 0 Å². The summed E-state index contributed by atoms with van der Waals surface area (Å²) in [6.07, 6.45) is -1.35. The van der Waals surface area contributed by atoms with Crippen LogP contribution in [-0.2, 0) is 11.3 Å². The Morgan fingerprint density at radius 2 is 2.12 bits per heavy atom. The fraction of sp³-hybridized carbons (Fsp3) is 0.400. The number of nitrogens with two attached hydrogens (primary N) is 1. The van der Waals surface area contributed by atoms with Gasteiger partial charge in [0.2, 0.25) is 5.95 Å². The van der Waals surface area contributed by atoms with Crippen molar-refractivity contribution in [1.29, 1.82) is 0 Å². The van der Waals surface area contributed by atoms with E-state index in [1.165, 1.54) is 10.9 Å². The van der Waals surface area contributed by atoms with E-state index < -0.39 is 31.1 Å². The Kier molecular flexibility index (Phi) is 4.20. The van der Waals surface area contributed by atoms with Gasteiger partial charge in [0.15, 0.2) is 23.2 Å². The number of furan rings is 1. The van der Waals surface area contributed by atoms with Gasteiger partial charge in [0.05, 0.1) is 25.7 Å². The number of nitrogens with zero attached hydrogens (tertiary/aromatic N) is 4. The van der Waals surface area contributed by atoms with Gasteiger partial charge in [0, 0.05) is 0 Å². The molecule has 3 aromatic heterocycles. The Balaban J connectivity index is 1.67. The summed E-state index contributed by atoms with van der Waals surface area (Å²) >= 11 is 0. The number of aromatic nitrogens is 4. The van der Waals surface area contributed by atoms with Crippen LogP contribution in [0.15, 0.2) is 29.1 Å². The minimum absolute atomic E-state index is 0.00735. The molecular formula is C15H18N6O5. The molecule has 1 unspecified atom stereocenters. The normalized spacial score (nSPS) is 25.8. The lowest BCUT2D eigenvalue weighted by Gasteiger charge is -2.16. The number of aliphatic hydroxyl groups is 3. The van der Waals surface area contributed by atoms with Gasteiger partial charge in [0.1, 0.15) is 24.1 Å². The zero-order valence-corrected chi connectivity index (χ0v) is 13.6. The lowest BCUT2D eigenvalue weighted by molar-refractivity contribution is -0.0511. The molecule has 0 amide bonds. The third-order valence-corrected chi connectivity index (χ3v) is 4.24. The molecule has 4 heterocycles. The number of anilines is 2. The monoisotopic (exact) mass is 362 g/mol. The van der Waals surface area contributed by atoms with E-state index in [9.17, 15) is 15.3 Å². The van der Waals surface area contributed by atoms with Crippen molar-refractivity contribution in [2.24, 2.45) is 0 Å². The van der Waals surface area contributed by atoms with Crippen LogP contribution in [0.25, 0.3) is 11.2 Å². The van der Waals surface area contributed by atoms with E-state index in [0.29, 0.717) is 29.3 Å². The van der Waals surface area contributed by atoms with Gasteiger partial charge < -0.3 is 35.5 Å². The molecule has 1 aliphatic heterocycles. The van der Waals surface area contributed by atoms with Gasteiger partial charge in [-0.25, -0.2) is 4.98 Å². The number of nitrogen functional groups attached to an aromatic ring is 1. The smallest absolute Gasteiger partial charge is 0.224 e. The first-order chi connectivity index (χ1) is 12.6. The van der Waals surface area contributed by atoms with Crippen LogP contribution in [0.1, 0.15) is 12.0 Å². The van der Waals surface area contributed by atoms with Crippen LogP contribution in [0.4, 0.5) is 11.8 Å². The van der Waals surface area contributed by atoms with E-state index in [1.807, 2.05) is 6.07 Å². The van der Waals surface area contributed by atoms with E-state index in [2.05, 4.69) is 20.3 Å². The van der Waals surface area contributed by atoms with Crippen molar-refractivity contribution in [3.63, 3.8) is 0 Å². The quantitative estimate of drug-likeness (QED) is 0.389. The number of imidazole rings is 1. The molecule has 1 aliphatic rings. The number of hydrogen-bond acceptors (Lipinski definition) is 10. The molecule has 0 radical (unpaired) electrons. The van der Waals surface area contributed by atoms with Gasteiger partial charge in [-0.05, 0) is 12.1 Å². The van der Waals surface area contributed by atoms with E-state index in [0.717, 1.165) is 0 Å². The average molecular weight is 362 g/mol. The molecule has 4 rings (SSSR count). The molecule has 3 aromatic rings. The van der Waals surface area contributed by atoms with Crippen LogP contribution in [-0.4, -0.2) is 59.8 Å². The third kappa shape index (κ3) is 2.76. The minimum atomic E-state index is -1.25. The van der Waals surface area contributed by atoms with Gasteiger partial charge in [0.25, 0.3) is 0 Å². The molecule has 0 bridgehead atoms. The molecule has 6 N–H and O–H groups in total. The summed E-state index contributed by atoms with van der Waals surface area (Å²) < 4.78 is 12.2. The van der Waals surface area contributed by atoms with Crippen molar-refractivity contribution in [2.45, 2.75) is 31.1 Å². The number of hydrogen-bond donors (Lipinski definition) is 5. The fourth-order valence-corrected chi connectivity index (χ4v) is 2.94. The summed E-state index contributed by atoms with van der Waals surface area (Å²) in [6.45, 7) is -0.0479. The highest BCUT2D eigenvalue weighted by Crippen LogP contribution is 2.32. The summed E-state index contributed by atoms with van der Waals surface area (Å²) in [4.78, 5) is 12.6. The molecule has 1 saturated heterocycles. The maximum atomic E-state index is 10.2. The Morgan fingerprint density at radius 1 is 1.27 bits per heavy atom. The minimum Gasteiger partial charge on any atom is -0.467 e. The van der Waals surface area contributed by atoms with E-state index in [4.69, 9.17) is 14.9 Å². The SMILES string of the molecule is Nc1nc(NCc2ccco2)c2ncn([C@@H]3O[C@H](CO)C(O)[C@@H]3O)c2n1. The van der Waals surface area contributed by atoms with E-state index in [1.54, 1.807) is 12.3 Å². The summed E-state index contributed by atoms with van der Waals surface area (Å²) in [5.41, 5.74) is 6.54. The Hall–Kier alpha value is -2.73. The van der Waals surface area contributed by atoms with Crippen LogP contribution in [0, 0.1) is 0 Å². The van der Waals surface area contributed by atoms with Gasteiger partial charge in [-0.2, -0.15) is 9.97 Å². The molecule has 11 nitrogen and oxygen atoms in total. The first-order valence-corrected chi connectivity index (χ1v) is 7.97. The maximum Gasteiger partial charge on any atom is 0.224 e. The number of fused-ring (bicyclic) bond motifs is 1. The summed E-state index contributed by atoms with van der Waals surface area (Å²) in [5.74, 6) is 1.11. The highest BCUT2D eigenvalue weighted by Gasteiger charge is 2.44. The Morgan fingerprint density at radius 3 is 2.81 bits per heavy atom. The fourth-order valence-electron chi connectivity index (χ4n) is 2.94. The van der Waals surface area contributed by atoms with Gasteiger partial charge in [-0.15, -0.1) is 0 Å². The first-order valence-electron chi connectivity index (χ1n) is 7.97. The molecule has 138 valence electrons. The Labute approximate surface area is 147 Å². The largest absolute Gasteiger partial charge is 0.467 e. The van der Waals surface area contributed by atoms with Crippen LogP contribution in [0.5, 0.6) is 0 Å².